The highest BCUT2D eigenvalue weighted by Gasteiger charge is 2.55. The van der Waals surface area contributed by atoms with E-state index in [-0.39, 0.29) is 42.1 Å². The van der Waals surface area contributed by atoms with Gasteiger partial charge in [0, 0.05) is 35.9 Å². The number of alkyl carbamates (subject to hydrolysis) is 1. The molecule has 4 amide bonds. The quantitative estimate of drug-likeness (QED) is 0.0249. The molecule has 0 bridgehead atoms. The van der Waals surface area contributed by atoms with Crippen molar-refractivity contribution < 1.29 is 52.3 Å². The lowest BCUT2D eigenvalue weighted by atomic mass is 10.0. The first-order chi connectivity index (χ1) is 30.4. The van der Waals surface area contributed by atoms with Crippen LogP contribution in [0.3, 0.4) is 0 Å². The van der Waals surface area contributed by atoms with Crippen LogP contribution in [0, 0.1) is 0 Å². The number of oxime groups is 1. The number of methoxy groups -OCH3 is 1. The fourth-order valence-corrected chi connectivity index (χ4v) is 8.41. The molecule has 342 valence electrons. The van der Waals surface area contributed by atoms with E-state index >= 15 is 0 Å². The predicted molar refractivity (Wildman–Crippen MR) is 236 cm³/mol. The van der Waals surface area contributed by atoms with Crippen LogP contribution < -0.4 is 25.3 Å². The third kappa shape index (κ3) is 12.0. The Balaban J connectivity index is 1.19. The zero-order valence-electron chi connectivity index (χ0n) is 37.0. The number of hydrogen-bond acceptors (Lipinski definition) is 16. The molecule has 2 atom stereocenters. The van der Waals surface area contributed by atoms with Crippen molar-refractivity contribution >= 4 is 75.3 Å². The minimum atomic E-state index is -1.06. The molecule has 0 aliphatic carbocycles. The molecule has 5 heterocycles. The summed E-state index contributed by atoms with van der Waals surface area (Å²) < 4.78 is 29.8. The zero-order chi connectivity index (χ0) is 46.2. The number of ether oxygens (including phenoxy) is 4. The molecule has 1 aromatic carbocycles. The number of carbonyl (C=O) groups is 5. The maximum Gasteiger partial charge on any atom is 0.414 e. The van der Waals surface area contributed by atoms with E-state index in [0.717, 1.165) is 29.9 Å². The van der Waals surface area contributed by atoms with Gasteiger partial charge in [-0.1, -0.05) is 17.3 Å². The number of β-lactam (4-membered cyclic amide) rings is 1. The number of nitrogens with one attached hydrogen (secondary N) is 3. The predicted octanol–water partition coefficient (Wildman–Crippen LogP) is 4.67. The first-order valence-corrected chi connectivity index (χ1v) is 22.4. The SMILES string of the molecule is CCO/N=C(\C(=O)NC1C(=O)N2C(C(=O)OCc3ccc(OC)cc3)=C(C[n+]3cccc4c3ncn4CCCCNC(=O)OC(C)(C)C)CSC12)c1nsc(NC(=O)OC(C)(C)C)n1. The molecule has 6 rings (SSSR count). The molecular formula is C42H53N10O10S2+. The lowest BCUT2D eigenvalue weighted by molar-refractivity contribution is -0.664. The number of amides is 4. The summed E-state index contributed by atoms with van der Waals surface area (Å²) in [5, 5.41) is 11.3. The molecule has 22 heteroatoms. The van der Waals surface area contributed by atoms with Gasteiger partial charge in [0.1, 0.15) is 59.3 Å². The zero-order valence-corrected chi connectivity index (χ0v) is 38.6. The number of benzene rings is 1. The van der Waals surface area contributed by atoms with E-state index in [0.29, 0.717) is 41.4 Å². The minimum absolute atomic E-state index is 0.0514. The van der Waals surface area contributed by atoms with Crippen molar-refractivity contribution in [2.75, 3.05) is 31.3 Å². The minimum Gasteiger partial charge on any atom is -0.497 e. The molecule has 3 N–H and O–H groups in total. The van der Waals surface area contributed by atoms with Gasteiger partial charge in [-0.15, -0.1) is 11.8 Å². The van der Waals surface area contributed by atoms with Crippen molar-refractivity contribution in [3.8, 4) is 5.75 Å². The maximum absolute atomic E-state index is 14.1. The third-order valence-electron chi connectivity index (χ3n) is 9.31. The van der Waals surface area contributed by atoms with Crippen LogP contribution in [-0.2, 0) is 53.1 Å². The summed E-state index contributed by atoms with van der Waals surface area (Å²) in [6.07, 6.45) is 3.89. The summed E-state index contributed by atoms with van der Waals surface area (Å²) in [7, 11) is 1.56. The van der Waals surface area contributed by atoms with E-state index in [2.05, 4.69) is 30.5 Å². The molecule has 3 aromatic heterocycles. The Hall–Kier alpha value is -6.29. The summed E-state index contributed by atoms with van der Waals surface area (Å²) in [6, 6.07) is 9.86. The van der Waals surface area contributed by atoms with Crippen LogP contribution in [0.25, 0.3) is 11.2 Å². The van der Waals surface area contributed by atoms with Gasteiger partial charge in [0.15, 0.2) is 0 Å². The van der Waals surface area contributed by atoms with Crippen LogP contribution in [-0.4, -0.2) is 108 Å². The second kappa shape index (κ2) is 20.5. The van der Waals surface area contributed by atoms with Crippen molar-refractivity contribution in [1.82, 2.24) is 34.4 Å². The molecular weight excluding hydrogens is 869 g/mol. The van der Waals surface area contributed by atoms with Gasteiger partial charge in [0.05, 0.1) is 13.3 Å². The lowest BCUT2D eigenvalue weighted by Crippen LogP contribution is -2.71. The molecule has 64 heavy (non-hydrogen) atoms. The Kier molecular flexibility index (Phi) is 15.1. The summed E-state index contributed by atoms with van der Waals surface area (Å²) in [6.45, 7) is 13.6. The van der Waals surface area contributed by atoms with Crippen LogP contribution in [0.15, 0.2) is 65.3 Å². The van der Waals surface area contributed by atoms with E-state index in [1.807, 2.05) is 48.2 Å². The van der Waals surface area contributed by atoms with Gasteiger partial charge in [-0.05, 0) is 96.1 Å². The number of aryl methyl sites for hydroxylation is 1. The number of rotatable bonds is 17. The molecule has 1 fully saturated rings. The van der Waals surface area contributed by atoms with Crippen molar-refractivity contribution in [3.63, 3.8) is 0 Å². The topological polar surface area (TPSA) is 231 Å². The highest BCUT2D eigenvalue weighted by molar-refractivity contribution is 8.00. The number of esters is 1. The summed E-state index contributed by atoms with van der Waals surface area (Å²) in [5.41, 5.74) is 1.29. The Morgan fingerprint density at radius 1 is 1.00 bits per heavy atom. The van der Waals surface area contributed by atoms with Crippen molar-refractivity contribution in [3.05, 3.63) is 71.6 Å². The van der Waals surface area contributed by atoms with E-state index in [1.165, 1.54) is 16.7 Å². The molecule has 2 aliphatic rings. The van der Waals surface area contributed by atoms with Gasteiger partial charge < -0.3 is 39.0 Å². The number of fused-ring (bicyclic) bond motifs is 2. The Morgan fingerprint density at radius 2 is 1.73 bits per heavy atom. The van der Waals surface area contributed by atoms with E-state index in [4.69, 9.17) is 28.8 Å². The van der Waals surface area contributed by atoms with Gasteiger partial charge >= 0.3 is 23.8 Å². The maximum atomic E-state index is 14.1. The average Bonchev–Trinajstić information content (AvgIpc) is 3.88. The van der Waals surface area contributed by atoms with E-state index in [1.54, 1.807) is 65.4 Å². The molecule has 0 radical (unpaired) electrons. The molecule has 1 saturated heterocycles. The molecule has 2 unspecified atom stereocenters. The molecule has 0 saturated carbocycles. The number of nitrogens with zero attached hydrogens (tertiary/aromatic N) is 7. The van der Waals surface area contributed by atoms with Crippen molar-refractivity contribution in [1.29, 1.82) is 0 Å². The molecule has 20 nitrogen and oxygen atoms in total. The standard InChI is InChI=1S/C42H52N10O10S2/c1-9-60-48-29(32-46-38(64-49-32)47-40(57)62-42(5,6)7)34(53)45-30-35(54)52-31(37(55)59-22-25-14-16-27(58-8)17-15-25)26(23-63-36(30)52)21-50-20-12-13-28-33(50)44-24-51(28)19-11-10-18-43-39(56)61-41(2,3)4/h12-17,20,24,30,36H,9-11,18-19,21-23H2,1-8H3,(H2-,43,45,46,47,49,53,56,57)/p+1/b48-29-. The highest BCUT2D eigenvalue weighted by atomic mass is 32.2. The lowest BCUT2D eigenvalue weighted by Gasteiger charge is -2.49. The number of thioether (sulfide) groups is 1. The van der Waals surface area contributed by atoms with Crippen molar-refractivity contribution in [2.45, 2.75) is 104 Å². The number of hydrogen-bond donors (Lipinski definition) is 3. The second-order valence-corrected chi connectivity index (χ2v) is 18.4. The van der Waals surface area contributed by atoms with Gasteiger partial charge in [0.25, 0.3) is 11.8 Å². The fourth-order valence-electron chi connectivity index (χ4n) is 6.52. The Morgan fingerprint density at radius 3 is 2.44 bits per heavy atom. The van der Waals surface area contributed by atoms with Crippen LogP contribution in [0.5, 0.6) is 5.75 Å². The van der Waals surface area contributed by atoms with E-state index < -0.39 is 52.6 Å². The normalized spacial score (nSPS) is 16.4. The van der Waals surface area contributed by atoms with Gasteiger partial charge in [-0.2, -0.15) is 9.36 Å². The summed E-state index contributed by atoms with van der Waals surface area (Å²) in [4.78, 5) is 81.9. The smallest absolute Gasteiger partial charge is 0.414 e. The van der Waals surface area contributed by atoms with Gasteiger partial charge in [0.2, 0.25) is 23.0 Å². The highest BCUT2D eigenvalue weighted by Crippen LogP contribution is 2.41. The number of pyridine rings is 1. The Labute approximate surface area is 378 Å². The van der Waals surface area contributed by atoms with Gasteiger partial charge in [-0.25, -0.2) is 19.0 Å². The average molecular weight is 922 g/mol. The Bertz CT molecular complexity index is 2420. The number of anilines is 1. The number of aromatic nitrogens is 5. The number of imidazole rings is 1. The first-order valence-electron chi connectivity index (χ1n) is 20.6. The van der Waals surface area contributed by atoms with Crippen LogP contribution >= 0.6 is 23.3 Å². The van der Waals surface area contributed by atoms with Crippen LogP contribution in [0.2, 0.25) is 0 Å². The molecule has 4 aromatic rings. The fraction of sp³-hybridized carbons (Fsp3) is 0.476. The second-order valence-electron chi connectivity index (χ2n) is 16.6. The first kappa shape index (κ1) is 47.2. The molecule has 0 spiro atoms. The monoisotopic (exact) mass is 921 g/mol. The van der Waals surface area contributed by atoms with Gasteiger partial charge in [-0.3, -0.25) is 19.8 Å². The van der Waals surface area contributed by atoms with Crippen molar-refractivity contribution in [2.24, 2.45) is 5.16 Å². The summed E-state index contributed by atoms with van der Waals surface area (Å²) >= 11 is 2.18. The summed E-state index contributed by atoms with van der Waals surface area (Å²) in [5.74, 6) is -1.23. The third-order valence-corrected chi connectivity index (χ3v) is 11.3. The number of carbonyl (C=O) groups excluding carboxylic acids is 5. The van der Waals surface area contributed by atoms with Crippen LogP contribution in [0.4, 0.5) is 14.7 Å². The van der Waals surface area contributed by atoms with Crippen LogP contribution in [0.1, 0.15) is 72.7 Å². The number of unbranched alkanes of at least 4 members (excludes halogenated alkanes) is 1. The van der Waals surface area contributed by atoms with E-state index in [9.17, 15) is 24.0 Å². The largest absolute Gasteiger partial charge is 0.497 e. The molecule has 2 aliphatic heterocycles.